The van der Waals surface area contributed by atoms with Gasteiger partial charge in [0.2, 0.25) is 6.41 Å². The molecular weight excluding hydrogens is 272 g/mol. The highest BCUT2D eigenvalue weighted by Crippen LogP contribution is 2.16. The van der Waals surface area contributed by atoms with Crippen LogP contribution in [-0.4, -0.2) is 24.2 Å². The van der Waals surface area contributed by atoms with Crippen LogP contribution in [0.2, 0.25) is 0 Å². The molecule has 21 heavy (non-hydrogen) atoms. The van der Waals surface area contributed by atoms with Crippen LogP contribution in [0.3, 0.4) is 0 Å². The van der Waals surface area contributed by atoms with Gasteiger partial charge < -0.3 is 14.8 Å². The van der Waals surface area contributed by atoms with Crippen LogP contribution in [0.1, 0.15) is 26.3 Å². The van der Waals surface area contributed by atoms with Crippen LogP contribution in [0.15, 0.2) is 24.3 Å². The largest absolute Gasteiger partial charge is 0.514 e. The van der Waals surface area contributed by atoms with Gasteiger partial charge in [0.1, 0.15) is 17.4 Å². The molecule has 0 fully saturated rings. The molecule has 1 N–H and O–H groups in total. The van der Waals surface area contributed by atoms with Gasteiger partial charge in [-0.05, 0) is 38.5 Å². The van der Waals surface area contributed by atoms with E-state index < -0.39 is 17.8 Å². The van der Waals surface area contributed by atoms with Gasteiger partial charge >= 0.3 is 6.16 Å². The summed E-state index contributed by atoms with van der Waals surface area (Å²) < 4.78 is 10.1. The molecule has 0 spiro atoms. The maximum Gasteiger partial charge on any atom is 0.514 e. The molecule has 0 saturated heterocycles. The first-order chi connectivity index (χ1) is 9.84. The molecule has 1 amide bonds. The summed E-state index contributed by atoms with van der Waals surface area (Å²) in [5, 5.41) is 11.2. The van der Waals surface area contributed by atoms with Crippen LogP contribution in [0.25, 0.3) is 0 Å². The van der Waals surface area contributed by atoms with Crippen LogP contribution in [-0.2, 0) is 16.0 Å². The van der Waals surface area contributed by atoms with E-state index in [0.29, 0.717) is 18.6 Å². The third kappa shape index (κ3) is 6.43. The van der Waals surface area contributed by atoms with E-state index in [2.05, 4.69) is 5.32 Å². The van der Waals surface area contributed by atoms with Gasteiger partial charge in [-0.15, -0.1) is 0 Å². The zero-order chi connectivity index (χ0) is 15.9. The van der Waals surface area contributed by atoms with Gasteiger partial charge in [-0.2, -0.15) is 5.26 Å². The first-order valence-electron chi connectivity index (χ1n) is 6.43. The average Bonchev–Trinajstić information content (AvgIpc) is 2.38. The maximum absolute atomic E-state index is 11.5. The average molecular weight is 290 g/mol. The molecule has 1 unspecified atom stereocenters. The van der Waals surface area contributed by atoms with Crippen molar-refractivity contribution in [3.05, 3.63) is 29.8 Å². The van der Waals surface area contributed by atoms with Crippen LogP contribution >= 0.6 is 0 Å². The number of ether oxygens (including phenoxy) is 2. The van der Waals surface area contributed by atoms with Crippen LogP contribution in [0.5, 0.6) is 5.75 Å². The summed E-state index contributed by atoms with van der Waals surface area (Å²) in [5.41, 5.74) is 0.227. The smallest absolute Gasteiger partial charge is 0.428 e. The Bertz CT molecular complexity index is 526. The highest BCUT2D eigenvalue weighted by Gasteiger charge is 2.18. The SMILES string of the molecule is CC(C)(C)OC(=O)Oc1ccc(CC(C#N)NC=O)cc1. The Morgan fingerprint density at radius 2 is 2.00 bits per heavy atom. The Morgan fingerprint density at radius 1 is 1.38 bits per heavy atom. The molecule has 6 nitrogen and oxygen atoms in total. The van der Waals surface area contributed by atoms with E-state index in [1.165, 1.54) is 0 Å². The fourth-order valence-corrected chi connectivity index (χ4v) is 1.52. The topological polar surface area (TPSA) is 88.4 Å². The second-order valence-corrected chi connectivity index (χ2v) is 5.38. The lowest BCUT2D eigenvalue weighted by molar-refractivity contribution is -0.109. The number of carbonyl (C=O) groups is 2. The zero-order valence-electron chi connectivity index (χ0n) is 12.3. The molecule has 0 aliphatic carbocycles. The van der Waals surface area contributed by atoms with Crippen molar-refractivity contribution in [3.63, 3.8) is 0 Å². The second kappa shape index (κ2) is 7.29. The zero-order valence-corrected chi connectivity index (χ0v) is 12.3. The van der Waals surface area contributed by atoms with Crippen molar-refractivity contribution < 1.29 is 19.1 Å². The lowest BCUT2D eigenvalue weighted by Gasteiger charge is -2.18. The number of hydrogen-bond acceptors (Lipinski definition) is 5. The number of hydrogen-bond donors (Lipinski definition) is 1. The number of nitriles is 1. The molecule has 1 atom stereocenters. The second-order valence-electron chi connectivity index (χ2n) is 5.38. The Kier molecular flexibility index (Phi) is 5.73. The van der Waals surface area contributed by atoms with E-state index in [9.17, 15) is 9.59 Å². The number of carbonyl (C=O) groups excluding carboxylic acids is 2. The van der Waals surface area contributed by atoms with Gasteiger partial charge in [-0.1, -0.05) is 12.1 Å². The summed E-state index contributed by atoms with van der Waals surface area (Å²) >= 11 is 0. The summed E-state index contributed by atoms with van der Waals surface area (Å²) in [6.45, 7) is 5.25. The van der Waals surface area contributed by atoms with Crippen molar-refractivity contribution in [1.82, 2.24) is 5.32 Å². The first-order valence-corrected chi connectivity index (χ1v) is 6.43. The van der Waals surface area contributed by atoms with Crippen LogP contribution in [0, 0.1) is 11.3 Å². The number of benzene rings is 1. The van der Waals surface area contributed by atoms with Gasteiger partial charge in [0.25, 0.3) is 0 Å². The first kappa shape index (κ1) is 16.5. The van der Waals surface area contributed by atoms with Crippen molar-refractivity contribution in [1.29, 1.82) is 5.26 Å². The summed E-state index contributed by atoms with van der Waals surface area (Å²) in [4.78, 5) is 21.8. The quantitative estimate of drug-likeness (QED) is 0.510. The van der Waals surface area contributed by atoms with Crippen LogP contribution < -0.4 is 10.1 Å². The fourth-order valence-electron chi connectivity index (χ4n) is 1.52. The standard InChI is InChI=1S/C15H18N2O4/c1-15(2,3)21-14(19)20-13-6-4-11(5-7-13)8-12(9-16)17-10-18/h4-7,10,12H,8H2,1-3H3,(H,17,18). The monoisotopic (exact) mass is 290 g/mol. The summed E-state index contributed by atoms with van der Waals surface area (Å²) in [6, 6.07) is 8.04. The Hall–Kier alpha value is -2.55. The van der Waals surface area contributed by atoms with Gasteiger partial charge in [0.15, 0.2) is 0 Å². The van der Waals surface area contributed by atoms with E-state index in [0.717, 1.165) is 5.56 Å². The summed E-state index contributed by atoms with van der Waals surface area (Å²) in [7, 11) is 0. The molecular formula is C15H18N2O4. The van der Waals surface area contributed by atoms with Crippen molar-refractivity contribution in [2.45, 2.75) is 38.8 Å². The third-order valence-electron chi connectivity index (χ3n) is 2.38. The number of rotatable bonds is 5. The summed E-state index contributed by atoms with van der Waals surface area (Å²) in [6.07, 6.45) is 0.100. The fraction of sp³-hybridized carbons (Fsp3) is 0.400. The van der Waals surface area contributed by atoms with Gasteiger partial charge in [0, 0.05) is 6.42 Å². The Morgan fingerprint density at radius 3 is 2.48 bits per heavy atom. The molecule has 1 aromatic carbocycles. The lowest BCUT2D eigenvalue weighted by atomic mass is 10.1. The molecule has 0 aliphatic heterocycles. The minimum atomic E-state index is -0.771. The Balaban J connectivity index is 2.60. The maximum atomic E-state index is 11.5. The van der Waals surface area contributed by atoms with E-state index in [1.54, 1.807) is 45.0 Å². The highest BCUT2D eigenvalue weighted by molar-refractivity contribution is 5.64. The van der Waals surface area contributed by atoms with E-state index in [1.807, 2.05) is 6.07 Å². The summed E-state index contributed by atoms with van der Waals surface area (Å²) in [5.74, 6) is 0.352. The lowest BCUT2D eigenvalue weighted by Crippen LogP contribution is -2.28. The molecule has 0 aliphatic rings. The predicted octanol–water partition coefficient (Wildman–Crippen LogP) is 2.18. The molecule has 6 heteroatoms. The highest BCUT2D eigenvalue weighted by atomic mass is 16.7. The normalized spacial score (nSPS) is 11.9. The molecule has 0 radical (unpaired) electrons. The van der Waals surface area contributed by atoms with Crippen molar-refractivity contribution in [2.24, 2.45) is 0 Å². The van der Waals surface area contributed by atoms with E-state index in [-0.39, 0.29) is 0 Å². The predicted molar refractivity (Wildman–Crippen MR) is 75.6 cm³/mol. The molecule has 0 saturated carbocycles. The number of amides is 1. The molecule has 1 aromatic rings. The Labute approximate surface area is 123 Å². The van der Waals surface area contributed by atoms with Crippen LogP contribution in [0.4, 0.5) is 4.79 Å². The van der Waals surface area contributed by atoms with Crippen molar-refractivity contribution in [2.75, 3.05) is 0 Å². The minimum absolute atomic E-state index is 0.352. The van der Waals surface area contributed by atoms with Crippen molar-refractivity contribution in [3.8, 4) is 11.8 Å². The number of nitrogens with zero attached hydrogens (tertiary/aromatic N) is 1. The van der Waals surface area contributed by atoms with Gasteiger partial charge in [0.05, 0.1) is 6.07 Å². The molecule has 0 bridgehead atoms. The molecule has 0 aromatic heterocycles. The van der Waals surface area contributed by atoms with Gasteiger partial charge in [-0.25, -0.2) is 4.79 Å². The molecule has 1 rings (SSSR count). The third-order valence-corrected chi connectivity index (χ3v) is 2.38. The molecule has 112 valence electrons. The van der Waals surface area contributed by atoms with E-state index >= 15 is 0 Å². The minimum Gasteiger partial charge on any atom is -0.428 e. The molecule has 0 heterocycles. The number of nitrogens with one attached hydrogen (secondary N) is 1. The van der Waals surface area contributed by atoms with E-state index in [4.69, 9.17) is 14.7 Å². The van der Waals surface area contributed by atoms with Crippen molar-refractivity contribution >= 4 is 12.6 Å². The van der Waals surface area contributed by atoms with Gasteiger partial charge in [-0.3, -0.25) is 4.79 Å².